The van der Waals surface area contributed by atoms with Gasteiger partial charge >= 0.3 is 6.09 Å². The summed E-state index contributed by atoms with van der Waals surface area (Å²) in [4.78, 5) is 48.4. The Morgan fingerprint density at radius 1 is 0.821 bits per heavy atom. The molecule has 2 unspecified atom stereocenters. The van der Waals surface area contributed by atoms with Crippen LogP contribution in [0.15, 0.2) is 116 Å². The number of hydrogen-bond acceptors (Lipinski definition) is 7. The molecule has 12 heteroatoms. The molecule has 0 radical (unpaired) electrons. The van der Waals surface area contributed by atoms with Crippen LogP contribution >= 0.6 is 0 Å². The van der Waals surface area contributed by atoms with Gasteiger partial charge in [-0.1, -0.05) is 97.9 Å². The second-order valence-corrected chi connectivity index (χ2v) is 14.8. The minimum Gasteiger partial charge on any atom is -0.445 e. The van der Waals surface area contributed by atoms with Gasteiger partial charge in [0.15, 0.2) is 0 Å². The molecule has 0 spiro atoms. The zero-order valence-electron chi connectivity index (χ0n) is 31.7. The monoisotopic (exact) mass is 750 g/mol. The molecule has 3 aromatic carbocycles. The molecule has 1 N–H and O–H groups in total. The summed E-state index contributed by atoms with van der Waals surface area (Å²) in [6.45, 7) is 5.72. The molecule has 2 atom stereocenters. The number of para-hydroxylation sites is 1. The quantitative estimate of drug-likeness (QED) is 0.153. The average Bonchev–Trinajstić information content (AvgIpc) is 3.86. The Morgan fingerprint density at radius 3 is 2.29 bits per heavy atom. The lowest BCUT2D eigenvalue weighted by Gasteiger charge is -2.48. The summed E-state index contributed by atoms with van der Waals surface area (Å²) < 4.78 is 9.55. The molecule has 286 valence electrons. The fourth-order valence-electron chi connectivity index (χ4n) is 7.95. The van der Waals surface area contributed by atoms with Gasteiger partial charge in [0.05, 0.1) is 36.2 Å². The molecule has 2 aliphatic rings. The van der Waals surface area contributed by atoms with Gasteiger partial charge in [0.1, 0.15) is 12.3 Å². The van der Waals surface area contributed by atoms with Gasteiger partial charge in [-0.25, -0.2) is 9.48 Å². The Balaban J connectivity index is 0.870. The first kappa shape index (κ1) is 36.7. The molecule has 56 heavy (non-hydrogen) atoms. The van der Waals surface area contributed by atoms with Crippen molar-refractivity contribution >= 4 is 28.8 Å². The summed E-state index contributed by atoms with van der Waals surface area (Å²) in [6.07, 6.45) is 7.29. The van der Waals surface area contributed by atoms with E-state index in [-0.39, 0.29) is 48.6 Å². The highest BCUT2D eigenvalue weighted by Crippen LogP contribution is 2.33. The maximum Gasteiger partial charge on any atom is 0.410 e. The fourth-order valence-corrected chi connectivity index (χ4v) is 7.95. The van der Waals surface area contributed by atoms with Crippen LogP contribution in [0.4, 0.5) is 4.79 Å². The summed E-state index contributed by atoms with van der Waals surface area (Å²) in [5, 5.41) is 13.1. The lowest BCUT2D eigenvalue weighted by atomic mass is 9.78. The van der Waals surface area contributed by atoms with E-state index in [4.69, 9.17) is 4.74 Å². The van der Waals surface area contributed by atoms with Crippen LogP contribution in [-0.4, -0.2) is 83.5 Å². The van der Waals surface area contributed by atoms with E-state index in [0.717, 1.165) is 39.8 Å². The third kappa shape index (κ3) is 7.64. The largest absolute Gasteiger partial charge is 0.445 e. The molecule has 3 amide bonds. The Hall–Kier alpha value is -6.30. The molecule has 12 nitrogen and oxygen atoms in total. The number of ether oxygens (including phenoxy) is 1. The molecule has 1 aliphatic heterocycles. The van der Waals surface area contributed by atoms with Crippen molar-refractivity contribution < 1.29 is 19.1 Å². The van der Waals surface area contributed by atoms with Crippen LogP contribution in [0.2, 0.25) is 0 Å². The van der Waals surface area contributed by atoms with Crippen LogP contribution in [0.5, 0.6) is 0 Å². The lowest BCUT2D eigenvalue weighted by Crippen LogP contribution is -2.63. The number of fused-ring (bicyclic) bond motifs is 1. The smallest absolute Gasteiger partial charge is 0.410 e. The lowest BCUT2D eigenvalue weighted by molar-refractivity contribution is -0.145. The third-order valence-corrected chi connectivity index (χ3v) is 11.2. The van der Waals surface area contributed by atoms with Gasteiger partial charge in [-0.15, -0.1) is 5.10 Å². The van der Waals surface area contributed by atoms with Crippen LogP contribution in [0.3, 0.4) is 0 Å². The zero-order chi connectivity index (χ0) is 38.6. The maximum atomic E-state index is 13.8. The number of nitrogens with one attached hydrogen (secondary N) is 1. The van der Waals surface area contributed by atoms with Gasteiger partial charge in [0.2, 0.25) is 5.91 Å². The van der Waals surface area contributed by atoms with Crippen molar-refractivity contribution in [2.24, 2.45) is 5.92 Å². The van der Waals surface area contributed by atoms with Gasteiger partial charge in [-0.2, -0.15) is 0 Å². The predicted molar refractivity (Wildman–Crippen MR) is 213 cm³/mol. The number of pyridine rings is 1. The second-order valence-electron chi connectivity index (χ2n) is 14.8. The SMILES string of the molecule is CCC1CN(C(=O)C2CC(NC(=O)c3cncc(-n4cc(Cn5c(-c6ccccc6)cc6ccccc65)nn4)c3)C2)C(CC)CN1C(=O)OCc1ccccc1. The number of nitrogens with zero attached hydrogens (tertiary/aromatic N) is 7. The van der Waals surface area contributed by atoms with E-state index < -0.39 is 0 Å². The normalized spacial score (nSPS) is 19.4. The van der Waals surface area contributed by atoms with Crippen molar-refractivity contribution in [3.8, 4) is 16.9 Å². The standard InChI is InChI=1S/C44H46N8O4/c1-3-37-28-50(44(55)56-29-30-13-7-5-8-14-30)38(4-2)27-49(37)43(54)33-19-35(20-33)46-42(53)34-21-39(24-45-23-34)52-26-36(47-48-52)25-51-40-18-12-11-17-32(40)22-41(51)31-15-9-6-10-16-31/h5-18,21-24,26,33,35,37-38H,3-4,19-20,25,27-29H2,1-2H3,(H,46,53). The zero-order valence-corrected chi connectivity index (χ0v) is 31.7. The van der Waals surface area contributed by atoms with Crippen LogP contribution in [0.1, 0.15) is 61.1 Å². The number of carbonyl (C=O) groups excluding carboxylic acids is 3. The Bertz CT molecular complexity index is 2320. The number of aromatic nitrogens is 5. The molecule has 0 bridgehead atoms. The van der Waals surface area contributed by atoms with Gasteiger partial charge < -0.3 is 24.4 Å². The van der Waals surface area contributed by atoms with Crippen molar-refractivity contribution in [1.29, 1.82) is 0 Å². The van der Waals surface area contributed by atoms with E-state index in [1.807, 2.05) is 85.6 Å². The summed E-state index contributed by atoms with van der Waals surface area (Å²) in [7, 11) is 0. The first-order chi connectivity index (χ1) is 27.4. The minimum atomic E-state index is -0.344. The van der Waals surface area contributed by atoms with Crippen LogP contribution < -0.4 is 5.32 Å². The van der Waals surface area contributed by atoms with E-state index in [1.165, 1.54) is 6.20 Å². The van der Waals surface area contributed by atoms with Crippen molar-refractivity contribution in [3.05, 3.63) is 132 Å². The predicted octanol–water partition coefficient (Wildman–Crippen LogP) is 6.88. The highest BCUT2D eigenvalue weighted by molar-refractivity contribution is 5.95. The Kier molecular flexibility index (Phi) is 10.6. The number of rotatable bonds is 11. The topological polar surface area (TPSA) is 127 Å². The molecule has 1 saturated heterocycles. The highest BCUT2D eigenvalue weighted by atomic mass is 16.6. The maximum absolute atomic E-state index is 13.8. The summed E-state index contributed by atoms with van der Waals surface area (Å²) in [6, 6.07) is 31.8. The van der Waals surface area contributed by atoms with E-state index >= 15 is 0 Å². The molecule has 8 rings (SSSR count). The molecule has 1 aliphatic carbocycles. The number of benzene rings is 3. The van der Waals surface area contributed by atoms with Crippen molar-refractivity contribution in [2.75, 3.05) is 13.1 Å². The molecule has 1 saturated carbocycles. The van der Waals surface area contributed by atoms with E-state index in [9.17, 15) is 14.4 Å². The summed E-state index contributed by atoms with van der Waals surface area (Å²) in [5.41, 5.74) is 6.05. The molecule has 3 aromatic heterocycles. The summed E-state index contributed by atoms with van der Waals surface area (Å²) in [5.74, 6) is -0.337. The molecule has 4 heterocycles. The number of carbonyl (C=O) groups is 3. The molecular weight excluding hydrogens is 705 g/mol. The van der Waals surface area contributed by atoms with Crippen molar-refractivity contribution in [2.45, 2.75) is 70.8 Å². The summed E-state index contributed by atoms with van der Waals surface area (Å²) >= 11 is 0. The highest BCUT2D eigenvalue weighted by Gasteiger charge is 2.43. The van der Waals surface area contributed by atoms with Crippen LogP contribution in [0.25, 0.3) is 27.8 Å². The van der Waals surface area contributed by atoms with Gasteiger partial charge in [-0.3, -0.25) is 14.6 Å². The number of piperazine rings is 1. The Morgan fingerprint density at radius 2 is 1.52 bits per heavy atom. The van der Waals surface area contributed by atoms with Gasteiger partial charge in [0, 0.05) is 53.9 Å². The van der Waals surface area contributed by atoms with E-state index in [1.54, 1.807) is 21.8 Å². The second kappa shape index (κ2) is 16.2. The molecule has 2 fully saturated rings. The van der Waals surface area contributed by atoms with Gasteiger partial charge in [0.25, 0.3) is 5.91 Å². The average molecular weight is 751 g/mol. The van der Waals surface area contributed by atoms with E-state index in [2.05, 4.69) is 55.5 Å². The first-order valence-electron chi connectivity index (χ1n) is 19.5. The van der Waals surface area contributed by atoms with Crippen molar-refractivity contribution in [1.82, 2.24) is 39.7 Å². The van der Waals surface area contributed by atoms with Crippen LogP contribution in [0, 0.1) is 5.92 Å². The van der Waals surface area contributed by atoms with Gasteiger partial charge in [-0.05, 0) is 55.0 Å². The van der Waals surface area contributed by atoms with E-state index in [0.29, 0.717) is 50.1 Å². The third-order valence-electron chi connectivity index (χ3n) is 11.2. The Labute approximate surface area is 326 Å². The molecule has 6 aromatic rings. The first-order valence-corrected chi connectivity index (χ1v) is 19.5. The fraction of sp³-hybridized carbons (Fsp3) is 0.318. The minimum absolute atomic E-state index is 0.0903. The van der Waals surface area contributed by atoms with Crippen molar-refractivity contribution in [3.63, 3.8) is 0 Å². The van der Waals surface area contributed by atoms with Crippen LogP contribution in [-0.2, 0) is 22.7 Å². The molecular formula is C44H46N8O4. The number of hydrogen-bond donors (Lipinski definition) is 1. The number of amides is 3.